The number of hydrogen-bond donors (Lipinski definition) is 7. The van der Waals surface area contributed by atoms with Crippen molar-refractivity contribution in [1.82, 2.24) is 5.32 Å². The molecule has 31 heavy (non-hydrogen) atoms. The molecule has 0 bridgehead atoms. The van der Waals surface area contributed by atoms with Crippen LogP contribution in [0.3, 0.4) is 0 Å². The van der Waals surface area contributed by atoms with Gasteiger partial charge in [-0.2, -0.15) is 0 Å². The molecule has 2 rings (SSSR count). The normalized spacial score (nSPS) is 18.6. The topological polar surface area (TPSA) is 190 Å². The summed E-state index contributed by atoms with van der Waals surface area (Å²) in [7, 11) is 0. The van der Waals surface area contributed by atoms with Crippen molar-refractivity contribution in [3.63, 3.8) is 0 Å². The zero-order valence-corrected chi connectivity index (χ0v) is 19.7. The summed E-state index contributed by atoms with van der Waals surface area (Å²) in [6.07, 6.45) is 1.48. The highest BCUT2D eigenvalue weighted by Crippen LogP contribution is 2.28. The van der Waals surface area contributed by atoms with Crippen LogP contribution in [0.25, 0.3) is 0 Å². The average Bonchev–Trinajstić information content (AvgIpc) is 2.64. The molecular formula is C19H26Br2N2O8. The number of carbonyl (C=O) groups is 3. The van der Waals surface area contributed by atoms with Gasteiger partial charge in [0.2, 0.25) is 0 Å². The lowest BCUT2D eigenvalue weighted by atomic mass is 9.93. The van der Waals surface area contributed by atoms with Crippen LogP contribution in [-0.4, -0.2) is 61.2 Å². The first-order chi connectivity index (χ1) is 14.3. The van der Waals surface area contributed by atoms with Crippen LogP contribution < -0.4 is 11.1 Å². The van der Waals surface area contributed by atoms with E-state index in [1.807, 2.05) is 12.1 Å². The molecule has 0 aromatic heterocycles. The van der Waals surface area contributed by atoms with E-state index in [-0.39, 0.29) is 6.10 Å². The monoisotopic (exact) mass is 568 g/mol. The molecule has 0 heterocycles. The van der Waals surface area contributed by atoms with Crippen LogP contribution in [-0.2, 0) is 20.9 Å². The van der Waals surface area contributed by atoms with Crippen molar-refractivity contribution in [2.75, 3.05) is 5.73 Å². The number of aliphatic hydroxyl groups is 2. The molecule has 0 unspecified atom stereocenters. The number of nitrogens with one attached hydrogen (secondary N) is 1. The van der Waals surface area contributed by atoms with Crippen LogP contribution in [0.2, 0.25) is 0 Å². The third-order valence-corrected chi connectivity index (χ3v) is 5.86. The molecule has 0 radical (unpaired) electrons. The number of aliphatic hydroxyl groups excluding tert-OH is 1. The van der Waals surface area contributed by atoms with Gasteiger partial charge in [0.1, 0.15) is 0 Å². The molecule has 0 atom stereocenters. The van der Waals surface area contributed by atoms with Gasteiger partial charge < -0.3 is 36.6 Å². The summed E-state index contributed by atoms with van der Waals surface area (Å²) < 4.78 is 1.95. The Hall–Kier alpha value is -1.73. The van der Waals surface area contributed by atoms with Gasteiger partial charge in [-0.05, 0) is 59.3 Å². The predicted molar refractivity (Wildman–Crippen MR) is 118 cm³/mol. The Morgan fingerprint density at radius 3 is 2.00 bits per heavy atom. The van der Waals surface area contributed by atoms with E-state index in [1.54, 1.807) is 0 Å². The summed E-state index contributed by atoms with van der Waals surface area (Å²) in [5, 5.41) is 46.8. The van der Waals surface area contributed by atoms with E-state index < -0.39 is 36.4 Å². The molecular weight excluding hydrogens is 544 g/mol. The molecule has 174 valence electrons. The van der Waals surface area contributed by atoms with Crippen LogP contribution in [0.5, 0.6) is 0 Å². The van der Waals surface area contributed by atoms with E-state index in [0.29, 0.717) is 6.04 Å². The molecule has 0 amide bonds. The lowest BCUT2D eigenvalue weighted by molar-refractivity contribution is -0.170. The molecule has 10 nitrogen and oxygen atoms in total. The van der Waals surface area contributed by atoms with Gasteiger partial charge in [0.15, 0.2) is 5.60 Å². The number of benzene rings is 1. The van der Waals surface area contributed by atoms with Crippen LogP contribution in [0.15, 0.2) is 21.1 Å². The fraction of sp³-hybridized carbons (Fsp3) is 0.526. The number of nitrogens with two attached hydrogens (primary N) is 1. The molecule has 1 aliphatic carbocycles. The fourth-order valence-electron chi connectivity index (χ4n) is 3.03. The zero-order chi connectivity index (χ0) is 23.8. The van der Waals surface area contributed by atoms with Gasteiger partial charge in [-0.25, -0.2) is 4.79 Å². The Balaban J connectivity index is 0.000000330. The third-order valence-electron chi connectivity index (χ3n) is 4.74. The van der Waals surface area contributed by atoms with Gasteiger partial charge in [-0.15, -0.1) is 0 Å². The Morgan fingerprint density at radius 1 is 1.03 bits per heavy atom. The molecule has 0 saturated heterocycles. The van der Waals surface area contributed by atoms with E-state index in [9.17, 15) is 19.5 Å². The molecule has 1 fully saturated rings. The smallest absolute Gasteiger partial charge is 0.336 e. The minimum Gasteiger partial charge on any atom is -0.481 e. The van der Waals surface area contributed by atoms with Gasteiger partial charge in [0.05, 0.1) is 24.6 Å². The van der Waals surface area contributed by atoms with Crippen molar-refractivity contribution in [2.24, 2.45) is 0 Å². The number of nitrogen functional groups attached to an aromatic ring is 1. The minimum absolute atomic E-state index is 0.104. The van der Waals surface area contributed by atoms with Crippen molar-refractivity contribution in [2.45, 2.75) is 62.8 Å². The summed E-state index contributed by atoms with van der Waals surface area (Å²) in [5.74, 6) is -5.02. The second-order valence-corrected chi connectivity index (χ2v) is 9.09. The number of carboxylic acid groups (broad SMARTS) is 3. The largest absolute Gasteiger partial charge is 0.481 e. The lowest BCUT2D eigenvalue weighted by Crippen LogP contribution is -2.42. The van der Waals surface area contributed by atoms with E-state index in [2.05, 4.69) is 37.2 Å². The highest BCUT2D eigenvalue weighted by molar-refractivity contribution is 9.11. The zero-order valence-electron chi connectivity index (χ0n) is 16.6. The van der Waals surface area contributed by atoms with Crippen molar-refractivity contribution in [3.05, 3.63) is 26.6 Å². The summed E-state index contributed by atoms with van der Waals surface area (Å²) in [6, 6.07) is 4.49. The summed E-state index contributed by atoms with van der Waals surface area (Å²) in [4.78, 5) is 30.5. The van der Waals surface area contributed by atoms with Crippen molar-refractivity contribution in [3.8, 4) is 0 Å². The first-order valence-electron chi connectivity index (χ1n) is 9.38. The molecule has 1 aromatic carbocycles. The van der Waals surface area contributed by atoms with Crippen LogP contribution in [0.4, 0.5) is 5.69 Å². The number of carboxylic acids is 3. The number of rotatable bonds is 8. The number of aliphatic carboxylic acids is 3. The second-order valence-electron chi connectivity index (χ2n) is 7.32. The highest BCUT2D eigenvalue weighted by Gasteiger charge is 2.40. The maximum Gasteiger partial charge on any atom is 0.336 e. The maximum atomic E-state index is 10.3. The molecule has 1 aromatic rings. The Kier molecular flexibility index (Phi) is 10.9. The predicted octanol–water partition coefficient (Wildman–Crippen LogP) is 1.94. The standard InChI is InChI=1S/C13H18Br2N2O.C6H8O7/c14-9-5-8(13(16)12(15)6-9)7-17-10-1-3-11(18)4-2-10;7-3(8)1-6(13,5(11)12)2-4(9)10/h5-6,10-11,17-18H,1-4,7,16H2;13H,1-2H2,(H,7,8)(H,9,10)(H,11,12). The van der Waals surface area contributed by atoms with Gasteiger partial charge in [0, 0.05) is 21.5 Å². The maximum absolute atomic E-state index is 10.3. The number of halogens is 2. The number of anilines is 1. The molecule has 8 N–H and O–H groups in total. The van der Waals surface area contributed by atoms with E-state index in [4.69, 9.17) is 26.2 Å². The summed E-state index contributed by atoms with van der Waals surface area (Å²) >= 11 is 6.93. The Morgan fingerprint density at radius 2 is 1.55 bits per heavy atom. The van der Waals surface area contributed by atoms with E-state index >= 15 is 0 Å². The van der Waals surface area contributed by atoms with Gasteiger partial charge in [0.25, 0.3) is 0 Å². The van der Waals surface area contributed by atoms with Crippen LogP contribution in [0.1, 0.15) is 44.1 Å². The van der Waals surface area contributed by atoms with Gasteiger partial charge >= 0.3 is 17.9 Å². The first kappa shape index (κ1) is 27.3. The quantitative estimate of drug-likeness (QED) is 0.228. The Bertz CT molecular complexity index is 781. The molecule has 1 saturated carbocycles. The van der Waals surface area contributed by atoms with E-state index in [0.717, 1.165) is 52.4 Å². The molecule has 0 aliphatic heterocycles. The molecule has 1 aliphatic rings. The molecule has 12 heteroatoms. The van der Waals surface area contributed by atoms with E-state index in [1.165, 1.54) is 0 Å². The highest BCUT2D eigenvalue weighted by atomic mass is 79.9. The van der Waals surface area contributed by atoms with Gasteiger partial charge in [-0.1, -0.05) is 15.9 Å². The van der Waals surface area contributed by atoms with Crippen LogP contribution in [0, 0.1) is 0 Å². The lowest BCUT2D eigenvalue weighted by Gasteiger charge is -2.26. The average molecular weight is 570 g/mol. The fourth-order valence-corrected chi connectivity index (χ4v) is 4.35. The molecule has 0 spiro atoms. The van der Waals surface area contributed by atoms with Gasteiger partial charge in [-0.3, -0.25) is 9.59 Å². The van der Waals surface area contributed by atoms with Crippen molar-refractivity contribution < 1.29 is 39.9 Å². The third kappa shape index (κ3) is 9.52. The summed E-state index contributed by atoms with van der Waals surface area (Å²) in [6.45, 7) is 0.768. The first-order valence-corrected chi connectivity index (χ1v) is 11.0. The minimum atomic E-state index is -2.74. The van der Waals surface area contributed by atoms with Crippen molar-refractivity contribution >= 4 is 55.5 Å². The van der Waals surface area contributed by atoms with Crippen molar-refractivity contribution in [1.29, 1.82) is 0 Å². The SMILES string of the molecule is Nc1c(Br)cc(Br)cc1CNC1CCC(O)CC1.O=C(O)CC(O)(CC(=O)O)C(=O)O. The second kappa shape index (κ2) is 12.3. The number of hydrogen-bond acceptors (Lipinski definition) is 7. The summed E-state index contributed by atoms with van der Waals surface area (Å²) in [5.41, 5.74) is 5.20. The van der Waals surface area contributed by atoms with Crippen LogP contribution >= 0.6 is 31.9 Å². The Labute approximate surface area is 195 Å².